The molecule has 1 aliphatic carbocycles. The maximum atomic E-state index is 13.8. The lowest BCUT2D eigenvalue weighted by atomic mass is 9.99. The number of halogens is 3. The molecule has 0 spiro atoms. The van der Waals surface area contributed by atoms with Gasteiger partial charge in [-0.15, -0.1) is 11.3 Å². The molecule has 3 fully saturated rings. The van der Waals surface area contributed by atoms with E-state index < -0.39 is 17.8 Å². The fourth-order valence-electron chi connectivity index (χ4n) is 5.98. The molecule has 3 atom stereocenters. The molecule has 8 nitrogen and oxygen atoms in total. The molecule has 3 unspecified atom stereocenters. The number of rotatable bonds is 4. The van der Waals surface area contributed by atoms with Crippen molar-refractivity contribution in [1.82, 2.24) is 19.8 Å². The molecule has 2 N–H and O–H groups in total. The molecule has 2 aliphatic heterocycles. The number of aromatic nitrogens is 2. The van der Waals surface area contributed by atoms with Crippen LogP contribution < -0.4 is 5.73 Å². The van der Waals surface area contributed by atoms with E-state index in [9.17, 15) is 27.6 Å². The van der Waals surface area contributed by atoms with E-state index in [0.717, 1.165) is 6.07 Å². The molecule has 3 amide bonds. The minimum Gasteiger partial charge on any atom is -0.337 e. The van der Waals surface area contributed by atoms with Gasteiger partial charge in [0.25, 0.3) is 5.91 Å². The molecule has 3 aromatic rings. The molecule has 0 radical (unpaired) electrons. The molecule has 0 aromatic carbocycles. The topological polar surface area (TPSA) is 109 Å². The number of carbonyl (C=O) groups is 3. The summed E-state index contributed by atoms with van der Waals surface area (Å²) in [4.78, 5) is 51.0. The van der Waals surface area contributed by atoms with Crippen molar-refractivity contribution in [3.8, 4) is 11.3 Å². The second kappa shape index (κ2) is 8.56. The summed E-state index contributed by atoms with van der Waals surface area (Å²) in [6.07, 6.45) is -2.65. The summed E-state index contributed by atoms with van der Waals surface area (Å²) in [7, 11) is 0. The van der Waals surface area contributed by atoms with Crippen molar-refractivity contribution in [1.29, 1.82) is 0 Å². The second-order valence-corrected chi connectivity index (χ2v) is 12.3. The minimum absolute atomic E-state index is 0.0632. The van der Waals surface area contributed by atoms with Gasteiger partial charge in [0.05, 0.1) is 39.9 Å². The van der Waals surface area contributed by atoms with Gasteiger partial charge in [-0.05, 0) is 42.5 Å². The number of hydrogen-bond donors (Lipinski definition) is 1. The van der Waals surface area contributed by atoms with Gasteiger partial charge in [-0.25, -0.2) is 4.98 Å². The Morgan fingerprint density at radius 2 is 1.90 bits per heavy atom. The van der Waals surface area contributed by atoms with Crippen LogP contribution in [0.3, 0.4) is 0 Å². The van der Waals surface area contributed by atoms with Crippen molar-refractivity contribution in [2.45, 2.75) is 46.0 Å². The minimum atomic E-state index is -4.71. The molecule has 3 aliphatic rings. The van der Waals surface area contributed by atoms with Crippen molar-refractivity contribution in [3.63, 3.8) is 0 Å². The van der Waals surface area contributed by atoms with Crippen molar-refractivity contribution in [2.24, 2.45) is 23.0 Å². The number of imide groups is 1. The highest BCUT2D eigenvalue weighted by Crippen LogP contribution is 2.63. The van der Waals surface area contributed by atoms with E-state index in [1.165, 1.54) is 29.4 Å². The first kappa shape index (κ1) is 25.9. The van der Waals surface area contributed by atoms with E-state index in [-0.39, 0.29) is 58.5 Å². The number of amides is 3. The van der Waals surface area contributed by atoms with E-state index in [4.69, 9.17) is 5.73 Å². The number of pyridine rings is 2. The third-order valence-corrected chi connectivity index (χ3v) is 9.30. The lowest BCUT2D eigenvalue weighted by Gasteiger charge is -2.21. The van der Waals surface area contributed by atoms with Gasteiger partial charge in [0.1, 0.15) is 5.69 Å². The molecule has 39 heavy (non-hydrogen) atoms. The Hall–Kier alpha value is -3.38. The number of nitrogens with two attached hydrogens (primary N) is 1. The zero-order valence-electron chi connectivity index (χ0n) is 21.5. The van der Waals surface area contributed by atoms with Crippen LogP contribution in [-0.4, -0.2) is 56.6 Å². The maximum Gasteiger partial charge on any atom is 0.433 e. The smallest absolute Gasteiger partial charge is 0.337 e. The standard InChI is InChI=1S/C27H26F3N5O3S/c1-12-8-17(27(28,29)30)33-21(18(12)23(36)34-7-5-13(31)10-34)15-4-6-32-16-9-14(39-22(15)16)11-35-24(37)19-20(25(35)38)26(19,2)3/h4,6,8-9,13,19-20H,5,7,10-11,31H2,1-3H3. The summed E-state index contributed by atoms with van der Waals surface area (Å²) in [6, 6.07) is 3.96. The first-order valence-electron chi connectivity index (χ1n) is 12.7. The number of nitrogens with zero attached hydrogens (tertiary/aromatic N) is 4. The summed E-state index contributed by atoms with van der Waals surface area (Å²) < 4.78 is 41.9. The third kappa shape index (κ3) is 4.03. The Morgan fingerprint density at radius 1 is 1.21 bits per heavy atom. The van der Waals surface area contributed by atoms with Gasteiger partial charge in [-0.1, -0.05) is 13.8 Å². The van der Waals surface area contributed by atoms with E-state index >= 15 is 0 Å². The molecule has 1 saturated carbocycles. The molecule has 2 saturated heterocycles. The van der Waals surface area contributed by atoms with Crippen LogP contribution in [-0.2, 0) is 22.3 Å². The van der Waals surface area contributed by atoms with Gasteiger partial charge in [-0.3, -0.25) is 24.3 Å². The number of likely N-dealkylation sites (tertiary alicyclic amines) is 2. The molecule has 6 rings (SSSR count). The fraction of sp³-hybridized carbons (Fsp3) is 0.444. The zero-order chi connectivity index (χ0) is 28.0. The Balaban J connectivity index is 1.43. The van der Waals surface area contributed by atoms with Crippen LogP contribution in [0.25, 0.3) is 21.5 Å². The Morgan fingerprint density at radius 3 is 2.51 bits per heavy atom. The van der Waals surface area contributed by atoms with Gasteiger partial charge >= 0.3 is 6.18 Å². The Bertz CT molecular complexity index is 1540. The highest BCUT2D eigenvalue weighted by molar-refractivity contribution is 7.19. The first-order valence-corrected chi connectivity index (χ1v) is 13.5. The van der Waals surface area contributed by atoms with Crippen molar-refractivity contribution in [3.05, 3.63) is 46.1 Å². The van der Waals surface area contributed by atoms with Gasteiger partial charge in [0, 0.05) is 35.8 Å². The molecule has 0 bridgehead atoms. The van der Waals surface area contributed by atoms with Crippen LogP contribution >= 0.6 is 11.3 Å². The quantitative estimate of drug-likeness (QED) is 0.486. The largest absolute Gasteiger partial charge is 0.433 e. The van der Waals surface area contributed by atoms with Crippen LogP contribution in [0, 0.1) is 24.2 Å². The molecule has 3 aromatic heterocycles. The van der Waals surface area contributed by atoms with E-state index in [0.29, 0.717) is 40.2 Å². The van der Waals surface area contributed by atoms with Gasteiger partial charge in [0.2, 0.25) is 11.8 Å². The van der Waals surface area contributed by atoms with Gasteiger partial charge in [0.15, 0.2) is 0 Å². The van der Waals surface area contributed by atoms with Crippen LogP contribution in [0.5, 0.6) is 0 Å². The maximum absolute atomic E-state index is 13.8. The monoisotopic (exact) mass is 557 g/mol. The SMILES string of the molecule is Cc1cc(C(F)(F)F)nc(-c2ccnc3cc(CN4C(=O)C5C(C4=O)C5(C)C)sc23)c1C(=O)N1CCC(N)C1. The van der Waals surface area contributed by atoms with Gasteiger partial charge < -0.3 is 10.6 Å². The highest BCUT2D eigenvalue weighted by Gasteiger charge is 2.72. The number of fused-ring (bicyclic) bond motifs is 2. The predicted molar refractivity (Wildman–Crippen MR) is 137 cm³/mol. The number of thiophene rings is 1. The summed E-state index contributed by atoms with van der Waals surface area (Å²) >= 11 is 1.22. The highest BCUT2D eigenvalue weighted by atomic mass is 32.1. The molecular formula is C27H26F3N5O3S. The second-order valence-electron chi connectivity index (χ2n) is 11.2. The lowest BCUT2D eigenvalue weighted by Crippen LogP contribution is -2.35. The normalized spacial score (nSPS) is 24.1. The Kier molecular flexibility index (Phi) is 5.68. The first-order chi connectivity index (χ1) is 18.3. The number of hydrogen-bond acceptors (Lipinski definition) is 7. The summed E-state index contributed by atoms with van der Waals surface area (Å²) in [5.74, 6) is -1.44. The van der Waals surface area contributed by atoms with Gasteiger partial charge in [-0.2, -0.15) is 13.2 Å². The number of carbonyl (C=O) groups excluding carboxylic acids is 3. The average Bonchev–Trinajstić information content (AvgIpc) is 3.24. The van der Waals surface area contributed by atoms with Crippen LogP contribution in [0.15, 0.2) is 24.4 Å². The van der Waals surface area contributed by atoms with Crippen LogP contribution in [0.1, 0.15) is 46.8 Å². The van der Waals surface area contributed by atoms with Crippen LogP contribution in [0.4, 0.5) is 13.2 Å². The molecule has 5 heterocycles. The summed E-state index contributed by atoms with van der Waals surface area (Å²) in [5.41, 5.74) is 5.55. The van der Waals surface area contributed by atoms with Crippen molar-refractivity contribution in [2.75, 3.05) is 13.1 Å². The zero-order valence-corrected chi connectivity index (χ0v) is 22.3. The molecule has 204 valence electrons. The van der Waals surface area contributed by atoms with E-state index in [1.54, 1.807) is 17.0 Å². The lowest BCUT2D eigenvalue weighted by molar-refractivity contribution is -0.144. The molecule has 12 heteroatoms. The molecular weight excluding hydrogens is 531 g/mol. The number of alkyl halides is 3. The predicted octanol–water partition coefficient (Wildman–Crippen LogP) is 4.00. The van der Waals surface area contributed by atoms with Crippen molar-refractivity contribution >= 4 is 39.3 Å². The van der Waals surface area contributed by atoms with Crippen LogP contribution in [0.2, 0.25) is 0 Å². The van der Waals surface area contributed by atoms with E-state index in [2.05, 4.69) is 9.97 Å². The van der Waals surface area contributed by atoms with E-state index in [1.807, 2.05) is 13.8 Å². The summed E-state index contributed by atoms with van der Waals surface area (Å²) in [6.45, 7) is 6.07. The van der Waals surface area contributed by atoms with Crippen molar-refractivity contribution < 1.29 is 27.6 Å². The number of piperidine rings is 1. The average molecular weight is 558 g/mol. The third-order valence-electron chi connectivity index (χ3n) is 8.16. The summed E-state index contributed by atoms with van der Waals surface area (Å²) in [5, 5.41) is 0. The fourth-order valence-corrected chi connectivity index (χ4v) is 7.10. The number of aryl methyl sites for hydroxylation is 1. The Labute approximate surface area is 226 Å².